The monoisotopic (exact) mass is 270 g/mol. The lowest BCUT2D eigenvalue weighted by Gasteiger charge is -1.86. The Bertz CT molecular complexity index is 127. The fourth-order valence-corrected chi connectivity index (χ4v) is 0. The molecule has 0 amide bonds. The number of hydrogen-bond acceptors (Lipinski definition) is 2. The van der Waals surface area contributed by atoms with Crippen molar-refractivity contribution >= 4 is 5.78 Å². The van der Waals surface area contributed by atoms with Crippen LogP contribution in [-0.4, -0.2) is 30.3 Å². The molecule has 0 aromatic rings. The van der Waals surface area contributed by atoms with Gasteiger partial charge in [-0.15, -0.1) is 0 Å². The number of Topliss-reactive ketones (excluding diaryl/α,β-unsaturated/α-hetero) is 1. The van der Waals surface area contributed by atoms with Gasteiger partial charge >= 0.3 is 0 Å². The number of aliphatic hydroxyl groups excluding tert-OH is 1. The summed E-state index contributed by atoms with van der Waals surface area (Å²) < 4.78 is 22.2. The first-order valence-electron chi connectivity index (χ1n) is 6.52. The van der Waals surface area contributed by atoms with Gasteiger partial charge in [-0.2, -0.15) is 0 Å². The highest BCUT2D eigenvalue weighted by Crippen LogP contribution is 1.85. The largest absolute Gasteiger partial charge is 0.396 e. The fourth-order valence-electron chi connectivity index (χ4n) is 0. The van der Waals surface area contributed by atoms with Crippen molar-refractivity contribution in [2.45, 2.75) is 67.5 Å². The van der Waals surface area contributed by atoms with E-state index in [4.69, 9.17) is 5.11 Å². The van der Waals surface area contributed by atoms with E-state index in [1.807, 2.05) is 6.92 Å². The zero-order valence-electron chi connectivity index (χ0n) is 13.1. The number of aliphatic hydroxyl groups is 1. The van der Waals surface area contributed by atoms with E-state index >= 15 is 0 Å². The third-order valence-electron chi connectivity index (χ3n) is 0.973. The minimum absolute atomic E-state index is 0.181. The number of carbonyl (C=O) groups is 1. The second-order valence-electron chi connectivity index (χ2n) is 4.37. The number of alkyl halides is 2. The van der Waals surface area contributed by atoms with Crippen molar-refractivity contribution in [3.05, 3.63) is 0 Å². The maximum absolute atomic E-state index is 11.5. The first kappa shape index (κ1) is 26.1. The summed E-state index contributed by atoms with van der Waals surface area (Å²) in [6, 6.07) is 0. The Hall–Kier alpha value is -0.510. The molecule has 0 fully saturated rings. The smallest absolute Gasteiger partial charge is 0.163 e. The quantitative estimate of drug-likeness (QED) is 0.827. The van der Waals surface area contributed by atoms with Crippen molar-refractivity contribution in [2.75, 3.05) is 13.3 Å². The van der Waals surface area contributed by atoms with Gasteiger partial charge in [0.2, 0.25) is 0 Å². The molecule has 0 aromatic carbocycles. The number of halogens is 2. The van der Waals surface area contributed by atoms with Crippen LogP contribution >= 0.6 is 0 Å². The van der Waals surface area contributed by atoms with Gasteiger partial charge in [-0.1, -0.05) is 34.6 Å². The van der Waals surface area contributed by atoms with Crippen LogP contribution in [0.15, 0.2) is 0 Å². The van der Waals surface area contributed by atoms with Gasteiger partial charge < -0.3 is 5.11 Å². The summed E-state index contributed by atoms with van der Waals surface area (Å²) in [5.74, 6) is 0.426. The highest BCUT2D eigenvalue weighted by Gasteiger charge is 2.00. The summed E-state index contributed by atoms with van der Waals surface area (Å²) in [5, 5.41) is 7.88. The van der Waals surface area contributed by atoms with Crippen LogP contribution in [0.2, 0.25) is 0 Å². The predicted octanol–water partition coefficient (Wildman–Crippen LogP) is 4.35. The molecular weight excluding hydrogens is 238 g/mol. The highest BCUT2D eigenvalue weighted by atomic mass is 19.1. The SMILES string of the molecule is CC(=O)C(C)F.CC(C)C.CCCF.CCCO. The van der Waals surface area contributed by atoms with Crippen LogP contribution < -0.4 is 0 Å². The van der Waals surface area contributed by atoms with E-state index in [9.17, 15) is 13.6 Å². The van der Waals surface area contributed by atoms with Gasteiger partial charge in [-0.3, -0.25) is 9.18 Å². The molecule has 0 aliphatic heterocycles. The molecule has 1 unspecified atom stereocenters. The minimum Gasteiger partial charge on any atom is -0.396 e. The first-order valence-corrected chi connectivity index (χ1v) is 6.52. The summed E-state index contributed by atoms with van der Waals surface area (Å²) in [6.45, 7) is 12.8. The van der Waals surface area contributed by atoms with Gasteiger partial charge in [-0.05, 0) is 32.6 Å². The second-order valence-corrected chi connectivity index (χ2v) is 4.37. The molecule has 0 aliphatic rings. The van der Waals surface area contributed by atoms with Crippen molar-refractivity contribution < 1.29 is 18.7 Å². The van der Waals surface area contributed by atoms with E-state index in [-0.39, 0.29) is 6.67 Å². The molecule has 0 bridgehead atoms. The van der Waals surface area contributed by atoms with E-state index in [0.717, 1.165) is 12.3 Å². The molecular formula is C14H32F2O2. The van der Waals surface area contributed by atoms with Crippen LogP contribution in [0, 0.1) is 5.92 Å². The topological polar surface area (TPSA) is 37.3 Å². The molecule has 1 N–H and O–H groups in total. The summed E-state index contributed by atoms with van der Waals surface area (Å²) in [7, 11) is 0. The molecule has 2 nitrogen and oxygen atoms in total. The Morgan fingerprint density at radius 2 is 1.28 bits per heavy atom. The predicted molar refractivity (Wildman–Crippen MR) is 75.4 cm³/mol. The van der Waals surface area contributed by atoms with E-state index in [1.54, 1.807) is 6.92 Å². The van der Waals surface area contributed by atoms with Crippen LogP contribution in [0.25, 0.3) is 0 Å². The van der Waals surface area contributed by atoms with E-state index in [1.165, 1.54) is 13.8 Å². The first-order chi connectivity index (χ1) is 8.20. The lowest BCUT2D eigenvalue weighted by atomic mass is 10.3. The van der Waals surface area contributed by atoms with Gasteiger partial charge in [0.25, 0.3) is 0 Å². The maximum Gasteiger partial charge on any atom is 0.163 e. The Balaban J connectivity index is -0.0000000742. The standard InChI is InChI=1S/C4H7FO.C4H10.C3H7F.C3H8O/c1-3(5)4(2)6;1-4(2)3;2*1-2-3-4/h3H,1-2H3;4H,1-3H3;2-3H2,1H3;4H,2-3H2,1H3. The van der Waals surface area contributed by atoms with Crippen LogP contribution in [0.1, 0.15) is 61.3 Å². The van der Waals surface area contributed by atoms with Gasteiger partial charge in [0.05, 0.1) is 6.67 Å². The van der Waals surface area contributed by atoms with Crippen molar-refractivity contribution in [1.29, 1.82) is 0 Å². The summed E-state index contributed by atoms with van der Waals surface area (Å²) in [4.78, 5) is 9.77. The van der Waals surface area contributed by atoms with E-state index in [2.05, 4.69) is 20.8 Å². The number of ketones is 1. The van der Waals surface area contributed by atoms with Crippen LogP contribution in [-0.2, 0) is 4.79 Å². The lowest BCUT2D eigenvalue weighted by Crippen LogP contribution is -2.04. The Labute approximate surface area is 112 Å². The number of carbonyl (C=O) groups excluding carboxylic acids is 1. The summed E-state index contributed by atoms with van der Waals surface area (Å²) in [6.07, 6.45) is 0.241. The maximum atomic E-state index is 11.5. The van der Waals surface area contributed by atoms with Crippen molar-refractivity contribution in [1.82, 2.24) is 0 Å². The molecule has 0 radical (unpaired) electrons. The molecule has 0 aromatic heterocycles. The van der Waals surface area contributed by atoms with Gasteiger partial charge in [0, 0.05) is 6.61 Å². The average Bonchev–Trinajstić information content (AvgIpc) is 2.29. The normalized spacial score (nSPS) is 9.94. The van der Waals surface area contributed by atoms with Crippen LogP contribution in [0.4, 0.5) is 8.78 Å². The second kappa shape index (κ2) is 25.4. The molecule has 0 spiro atoms. The van der Waals surface area contributed by atoms with Gasteiger partial charge in [-0.25, -0.2) is 4.39 Å². The molecule has 114 valence electrons. The highest BCUT2D eigenvalue weighted by molar-refractivity contribution is 5.79. The molecule has 4 heteroatoms. The van der Waals surface area contributed by atoms with E-state index < -0.39 is 12.0 Å². The molecule has 18 heavy (non-hydrogen) atoms. The zero-order chi connectivity index (χ0) is 15.6. The van der Waals surface area contributed by atoms with Crippen molar-refractivity contribution in [2.24, 2.45) is 5.92 Å². The minimum atomic E-state index is -1.29. The van der Waals surface area contributed by atoms with Crippen LogP contribution in [0.3, 0.4) is 0 Å². The number of hydrogen-bond donors (Lipinski definition) is 1. The zero-order valence-corrected chi connectivity index (χ0v) is 13.1. The molecule has 0 aliphatic carbocycles. The molecule has 1 atom stereocenters. The lowest BCUT2D eigenvalue weighted by molar-refractivity contribution is -0.121. The average molecular weight is 270 g/mol. The van der Waals surface area contributed by atoms with E-state index in [0.29, 0.717) is 13.0 Å². The Morgan fingerprint density at radius 3 is 1.28 bits per heavy atom. The number of rotatable bonds is 3. The fraction of sp³-hybridized carbons (Fsp3) is 0.929. The van der Waals surface area contributed by atoms with Crippen molar-refractivity contribution in [3.63, 3.8) is 0 Å². The Kier molecular flexibility index (Phi) is 36.8. The Morgan fingerprint density at radius 1 is 1.11 bits per heavy atom. The molecule has 0 heterocycles. The van der Waals surface area contributed by atoms with Crippen molar-refractivity contribution in [3.8, 4) is 0 Å². The third-order valence-corrected chi connectivity index (χ3v) is 0.973. The summed E-state index contributed by atoms with van der Waals surface area (Å²) in [5.41, 5.74) is 0. The molecule has 0 rings (SSSR count). The van der Waals surface area contributed by atoms with Gasteiger partial charge in [0.1, 0.15) is 0 Å². The molecule has 0 saturated carbocycles. The van der Waals surface area contributed by atoms with Crippen LogP contribution in [0.5, 0.6) is 0 Å². The third kappa shape index (κ3) is 108. The summed E-state index contributed by atoms with van der Waals surface area (Å²) >= 11 is 0. The van der Waals surface area contributed by atoms with Gasteiger partial charge in [0.15, 0.2) is 12.0 Å². The molecule has 0 saturated heterocycles.